The van der Waals surface area contributed by atoms with Gasteiger partial charge in [0.2, 0.25) is 0 Å². The van der Waals surface area contributed by atoms with Crippen LogP contribution < -0.4 is 4.90 Å². The molecule has 0 bridgehead atoms. The highest BCUT2D eigenvalue weighted by Gasteiger charge is 2.10. The molecule has 17 heavy (non-hydrogen) atoms. The van der Waals surface area contributed by atoms with Crippen LogP contribution in [0.2, 0.25) is 0 Å². The highest BCUT2D eigenvalue weighted by atomic mass is 15.2. The van der Waals surface area contributed by atoms with Gasteiger partial charge in [0.25, 0.3) is 0 Å². The average Bonchev–Trinajstić information content (AvgIpc) is 2.21. The van der Waals surface area contributed by atoms with E-state index in [0.717, 1.165) is 18.9 Å². The minimum absolute atomic E-state index is 0.754. The Kier molecular flexibility index (Phi) is 4.73. The van der Waals surface area contributed by atoms with Crippen LogP contribution in [-0.4, -0.2) is 18.9 Å². The van der Waals surface area contributed by atoms with Crippen molar-refractivity contribution >= 4 is 11.4 Å². The first-order valence-corrected chi connectivity index (χ1v) is 6.26. The maximum absolute atomic E-state index is 4.52. The quantitative estimate of drug-likeness (QED) is 0.719. The second-order valence-electron chi connectivity index (χ2n) is 4.85. The molecular weight excluding hydrogens is 208 g/mol. The summed E-state index contributed by atoms with van der Waals surface area (Å²) in [4.78, 5) is 6.85. The van der Waals surface area contributed by atoms with E-state index in [4.69, 9.17) is 0 Å². The van der Waals surface area contributed by atoms with Gasteiger partial charge < -0.3 is 4.90 Å². The monoisotopic (exact) mass is 232 g/mol. The Morgan fingerprint density at radius 1 is 1.12 bits per heavy atom. The molecule has 0 radical (unpaired) electrons. The molecule has 0 saturated carbocycles. The Hall–Kier alpha value is -1.31. The fourth-order valence-corrected chi connectivity index (χ4v) is 2.23. The summed E-state index contributed by atoms with van der Waals surface area (Å²) >= 11 is 0. The predicted octanol–water partition coefficient (Wildman–Crippen LogP) is 3.88. The van der Waals surface area contributed by atoms with Crippen molar-refractivity contribution in [2.75, 3.05) is 18.1 Å². The second-order valence-corrected chi connectivity index (χ2v) is 4.85. The Bertz CT molecular complexity index is 392. The van der Waals surface area contributed by atoms with Crippen LogP contribution >= 0.6 is 0 Å². The minimum atomic E-state index is 0.754. The van der Waals surface area contributed by atoms with Crippen LogP contribution in [0.4, 0.5) is 5.69 Å². The van der Waals surface area contributed by atoms with Crippen LogP contribution in [0.15, 0.2) is 17.1 Å². The first-order valence-electron chi connectivity index (χ1n) is 6.26. The molecule has 0 amide bonds. The summed E-state index contributed by atoms with van der Waals surface area (Å²) in [5.74, 6) is 0. The number of benzene rings is 1. The smallest absolute Gasteiger partial charge is 0.110 e. The van der Waals surface area contributed by atoms with Gasteiger partial charge in [0.05, 0.1) is 0 Å². The molecule has 0 atom stereocenters. The summed E-state index contributed by atoms with van der Waals surface area (Å²) in [5, 5.41) is 0. The second kappa shape index (κ2) is 5.85. The van der Waals surface area contributed by atoms with Gasteiger partial charge in [-0.15, -0.1) is 0 Å². The van der Waals surface area contributed by atoms with E-state index in [1.165, 1.54) is 22.4 Å². The van der Waals surface area contributed by atoms with Gasteiger partial charge in [0.15, 0.2) is 0 Å². The highest BCUT2D eigenvalue weighted by Crippen LogP contribution is 2.26. The maximum atomic E-state index is 4.52. The largest absolute Gasteiger partial charge is 0.352 e. The van der Waals surface area contributed by atoms with E-state index in [1.54, 1.807) is 0 Å². The SMILES string of the molecule is CCN(CN=C(C)C)c1c(C)cc(C)cc1C. The zero-order valence-corrected chi connectivity index (χ0v) is 12.0. The van der Waals surface area contributed by atoms with Crippen molar-refractivity contribution in [2.45, 2.75) is 41.5 Å². The van der Waals surface area contributed by atoms with Crippen LogP contribution in [0.25, 0.3) is 0 Å². The number of aliphatic imine (C=N–C) groups is 1. The maximum Gasteiger partial charge on any atom is 0.110 e. The molecule has 0 unspecified atom stereocenters. The number of nitrogens with zero attached hydrogens (tertiary/aromatic N) is 2. The predicted molar refractivity (Wildman–Crippen MR) is 77.3 cm³/mol. The Morgan fingerprint density at radius 3 is 2.06 bits per heavy atom. The molecule has 0 spiro atoms. The summed E-state index contributed by atoms with van der Waals surface area (Å²) in [7, 11) is 0. The van der Waals surface area contributed by atoms with Crippen LogP contribution in [0.5, 0.6) is 0 Å². The van der Waals surface area contributed by atoms with Gasteiger partial charge in [0, 0.05) is 17.9 Å². The fourth-order valence-electron chi connectivity index (χ4n) is 2.23. The van der Waals surface area contributed by atoms with Crippen molar-refractivity contribution in [3.63, 3.8) is 0 Å². The molecule has 0 aliphatic carbocycles. The van der Waals surface area contributed by atoms with E-state index >= 15 is 0 Å². The van der Waals surface area contributed by atoms with Gasteiger partial charge in [-0.1, -0.05) is 17.7 Å². The van der Waals surface area contributed by atoms with Gasteiger partial charge in [0.1, 0.15) is 6.67 Å². The molecular formula is C15H24N2. The van der Waals surface area contributed by atoms with Crippen molar-refractivity contribution in [3.05, 3.63) is 28.8 Å². The number of hydrogen-bond acceptors (Lipinski definition) is 2. The third-order valence-corrected chi connectivity index (χ3v) is 2.89. The van der Waals surface area contributed by atoms with E-state index in [-0.39, 0.29) is 0 Å². The summed E-state index contributed by atoms with van der Waals surface area (Å²) in [6, 6.07) is 4.49. The molecule has 2 heteroatoms. The van der Waals surface area contributed by atoms with Gasteiger partial charge in [-0.2, -0.15) is 0 Å². The van der Waals surface area contributed by atoms with Crippen molar-refractivity contribution in [1.82, 2.24) is 0 Å². The molecule has 94 valence electrons. The van der Waals surface area contributed by atoms with Gasteiger partial charge in [-0.25, -0.2) is 0 Å². The lowest BCUT2D eigenvalue weighted by Gasteiger charge is -2.25. The van der Waals surface area contributed by atoms with Crippen molar-refractivity contribution < 1.29 is 0 Å². The van der Waals surface area contributed by atoms with Gasteiger partial charge in [-0.05, 0) is 52.7 Å². The molecule has 0 fully saturated rings. The van der Waals surface area contributed by atoms with Crippen molar-refractivity contribution in [1.29, 1.82) is 0 Å². The van der Waals surface area contributed by atoms with Crippen LogP contribution in [0.3, 0.4) is 0 Å². The standard InChI is InChI=1S/C15H24N2/c1-7-17(10-16-11(2)3)15-13(5)8-12(4)9-14(15)6/h8-9H,7,10H2,1-6H3. The van der Waals surface area contributed by atoms with Crippen LogP contribution in [0.1, 0.15) is 37.5 Å². The first-order chi connectivity index (χ1) is 7.95. The summed E-state index contributed by atoms with van der Waals surface area (Å²) in [6.45, 7) is 14.5. The van der Waals surface area contributed by atoms with Crippen LogP contribution in [0, 0.1) is 20.8 Å². The van der Waals surface area contributed by atoms with Crippen LogP contribution in [-0.2, 0) is 0 Å². The molecule has 0 heterocycles. The fraction of sp³-hybridized carbons (Fsp3) is 0.533. The molecule has 2 nitrogen and oxygen atoms in total. The van der Waals surface area contributed by atoms with E-state index in [1.807, 2.05) is 13.8 Å². The molecule has 1 aromatic rings. The zero-order chi connectivity index (χ0) is 13.0. The van der Waals surface area contributed by atoms with Crippen molar-refractivity contribution in [2.24, 2.45) is 4.99 Å². The number of hydrogen-bond donors (Lipinski definition) is 0. The lowest BCUT2D eigenvalue weighted by atomic mass is 10.0. The normalized spacial score (nSPS) is 10.2. The zero-order valence-electron chi connectivity index (χ0n) is 12.0. The average molecular weight is 232 g/mol. The molecule has 0 aromatic heterocycles. The molecule has 1 aromatic carbocycles. The number of anilines is 1. The Balaban J connectivity index is 3.07. The first kappa shape index (κ1) is 13.8. The number of aryl methyl sites for hydroxylation is 3. The lowest BCUT2D eigenvalue weighted by molar-refractivity contribution is 0.834. The Morgan fingerprint density at radius 2 is 1.65 bits per heavy atom. The third kappa shape index (κ3) is 3.58. The minimum Gasteiger partial charge on any atom is -0.352 e. The molecule has 0 saturated heterocycles. The van der Waals surface area contributed by atoms with E-state index < -0.39 is 0 Å². The van der Waals surface area contributed by atoms with Gasteiger partial charge in [-0.3, -0.25) is 4.99 Å². The third-order valence-electron chi connectivity index (χ3n) is 2.89. The van der Waals surface area contributed by atoms with E-state index in [0.29, 0.717) is 0 Å². The molecule has 0 aliphatic rings. The topological polar surface area (TPSA) is 15.6 Å². The van der Waals surface area contributed by atoms with Crippen molar-refractivity contribution in [3.8, 4) is 0 Å². The Labute approximate surface area is 105 Å². The molecule has 1 rings (SSSR count). The summed E-state index contributed by atoms with van der Waals surface area (Å²) in [6.07, 6.45) is 0. The molecule has 0 aliphatic heterocycles. The lowest BCUT2D eigenvalue weighted by Crippen LogP contribution is -2.25. The highest BCUT2D eigenvalue weighted by molar-refractivity contribution is 5.79. The summed E-state index contributed by atoms with van der Waals surface area (Å²) < 4.78 is 0. The van der Waals surface area contributed by atoms with Gasteiger partial charge >= 0.3 is 0 Å². The number of rotatable bonds is 4. The summed E-state index contributed by atoms with van der Waals surface area (Å²) in [5.41, 5.74) is 6.48. The molecule has 0 N–H and O–H groups in total. The van der Waals surface area contributed by atoms with E-state index in [2.05, 4.69) is 49.7 Å². The van der Waals surface area contributed by atoms with E-state index in [9.17, 15) is 0 Å².